The van der Waals surface area contributed by atoms with Crippen LogP contribution in [-0.4, -0.2) is 17.6 Å². The van der Waals surface area contributed by atoms with E-state index in [1.165, 1.54) is 24.0 Å². The Bertz CT molecular complexity index is 361. The van der Waals surface area contributed by atoms with Crippen molar-refractivity contribution in [1.82, 2.24) is 10.3 Å². The van der Waals surface area contributed by atoms with Crippen LogP contribution in [0, 0.1) is 6.92 Å². The van der Waals surface area contributed by atoms with Gasteiger partial charge in [0.1, 0.15) is 0 Å². The highest BCUT2D eigenvalue weighted by molar-refractivity contribution is 5.62. The van der Waals surface area contributed by atoms with E-state index < -0.39 is 0 Å². The minimum absolute atomic E-state index is 0.815. The van der Waals surface area contributed by atoms with Gasteiger partial charge in [-0.1, -0.05) is 12.1 Å². The number of hydrogen-bond donors (Lipinski definition) is 1. The van der Waals surface area contributed by atoms with Crippen molar-refractivity contribution in [2.45, 2.75) is 39.2 Å². The summed E-state index contributed by atoms with van der Waals surface area (Å²) in [6.07, 6.45) is 8.09. The topological polar surface area (TPSA) is 24.9 Å². The zero-order valence-corrected chi connectivity index (χ0v) is 10.2. The Morgan fingerprint density at radius 2 is 2.31 bits per heavy atom. The first kappa shape index (κ1) is 11.3. The van der Waals surface area contributed by atoms with Gasteiger partial charge in [-0.25, -0.2) is 0 Å². The molecule has 0 aliphatic heterocycles. The van der Waals surface area contributed by atoms with Crippen molar-refractivity contribution in [2.75, 3.05) is 6.54 Å². The van der Waals surface area contributed by atoms with Gasteiger partial charge < -0.3 is 5.32 Å². The van der Waals surface area contributed by atoms with Crippen molar-refractivity contribution in [3.05, 3.63) is 35.7 Å². The highest BCUT2D eigenvalue weighted by Gasteiger charge is 2.19. The average molecular weight is 216 g/mol. The summed E-state index contributed by atoms with van der Waals surface area (Å²) in [5, 5.41) is 3.51. The van der Waals surface area contributed by atoms with Gasteiger partial charge in [-0.3, -0.25) is 4.98 Å². The second kappa shape index (κ2) is 5.26. The maximum absolute atomic E-state index is 4.31. The molecule has 2 heteroatoms. The van der Waals surface area contributed by atoms with Crippen LogP contribution in [0.25, 0.3) is 5.57 Å². The van der Waals surface area contributed by atoms with E-state index in [1.807, 2.05) is 13.1 Å². The van der Waals surface area contributed by atoms with Crippen LogP contribution >= 0.6 is 0 Å². The molecule has 0 spiro atoms. The molecular formula is C14H20N2. The maximum Gasteiger partial charge on any atom is 0.0373 e. The molecule has 1 aromatic heterocycles. The SMILES string of the molecule is CC(=CCCNC1CC1)c1ccc(C)nc1. The molecule has 1 aliphatic rings. The van der Waals surface area contributed by atoms with E-state index in [1.54, 1.807) is 0 Å². The fourth-order valence-electron chi connectivity index (χ4n) is 1.68. The lowest BCUT2D eigenvalue weighted by molar-refractivity contribution is 0.690. The third kappa shape index (κ3) is 3.46. The molecule has 0 aromatic carbocycles. The number of aromatic nitrogens is 1. The van der Waals surface area contributed by atoms with Gasteiger partial charge in [-0.2, -0.15) is 0 Å². The first-order chi connectivity index (χ1) is 7.75. The number of pyridine rings is 1. The Morgan fingerprint density at radius 3 is 2.94 bits per heavy atom. The average Bonchev–Trinajstić information content (AvgIpc) is 3.09. The zero-order valence-electron chi connectivity index (χ0n) is 10.2. The first-order valence-corrected chi connectivity index (χ1v) is 6.09. The quantitative estimate of drug-likeness (QED) is 0.765. The highest BCUT2D eigenvalue weighted by atomic mass is 14.9. The zero-order chi connectivity index (χ0) is 11.4. The smallest absolute Gasteiger partial charge is 0.0373 e. The Kier molecular flexibility index (Phi) is 3.73. The van der Waals surface area contributed by atoms with Gasteiger partial charge in [0.05, 0.1) is 0 Å². The molecule has 1 aliphatic carbocycles. The molecule has 2 rings (SSSR count). The second-order valence-corrected chi connectivity index (χ2v) is 4.59. The van der Waals surface area contributed by atoms with Gasteiger partial charge in [0.25, 0.3) is 0 Å². The lowest BCUT2D eigenvalue weighted by atomic mass is 10.1. The number of nitrogens with one attached hydrogen (secondary N) is 1. The second-order valence-electron chi connectivity index (χ2n) is 4.59. The largest absolute Gasteiger partial charge is 0.314 e. The van der Waals surface area contributed by atoms with E-state index in [2.05, 4.69) is 35.4 Å². The van der Waals surface area contributed by atoms with E-state index in [0.29, 0.717) is 0 Å². The molecule has 0 saturated heterocycles. The van der Waals surface area contributed by atoms with E-state index in [4.69, 9.17) is 0 Å². The summed E-state index contributed by atoms with van der Waals surface area (Å²) >= 11 is 0. The van der Waals surface area contributed by atoms with Gasteiger partial charge in [0, 0.05) is 17.9 Å². The predicted octanol–water partition coefficient (Wildman–Crippen LogP) is 2.94. The molecule has 0 atom stereocenters. The molecule has 86 valence electrons. The van der Waals surface area contributed by atoms with Crippen LogP contribution in [0.1, 0.15) is 37.4 Å². The number of allylic oxidation sites excluding steroid dienone is 1. The molecule has 1 saturated carbocycles. The van der Waals surface area contributed by atoms with E-state index in [0.717, 1.165) is 24.7 Å². The standard InChI is InChI=1S/C14H20N2/c1-11(4-3-9-15-14-7-8-14)13-6-5-12(2)16-10-13/h4-6,10,14-15H,3,7-9H2,1-2H3. The Hall–Kier alpha value is -1.15. The van der Waals surface area contributed by atoms with Crippen LogP contribution in [0.4, 0.5) is 0 Å². The summed E-state index contributed by atoms with van der Waals surface area (Å²) in [7, 11) is 0. The van der Waals surface area contributed by atoms with Crippen LogP contribution in [0.15, 0.2) is 24.4 Å². The van der Waals surface area contributed by atoms with E-state index in [-0.39, 0.29) is 0 Å². The summed E-state index contributed by atoms with van der Waals surface area (Å²) < 4.78 is 0. The predicted molar refractivity (Wildman–Crippen MR) is 68.3 cm³/mol. The van der Waals surface area contributed by atoms with E-state index in [9.17, 15) is 0 Å². The Balaban J connectivity index is 1.82. The maximum atomic E-state index is 4.31. The van der Waals surface area contributed by atoms with Gasteiger partial charge in [-0.15, -0.1) is 0 Å². The summed E-state index contributed by atoms with van der Waals surface area (Å²) in [5.41, 5.74) is 3.63. The fourth-order valence-corrected chi connectivity index (χ4v) is 1.68. The monoisotopic (exact) mass is 216 g/mol. The lowest BCUT2D eigenvalue weighted by Gasteiger charge is -2.03. The molecule has 1 N–H and O–H groups in total. The summed E-state index contributed by atoms with van der Waals surface area (Å²) in [6, 6.07) is 5.02. The first-order valence-electron chi connectivity index (χ1n) is 6.09. The molecule has 16 heavy (non-hydrogen) atoms. The van der Waals surface area contributed by atoms with Crippen molar-refractivity contribution in [3.63, 3.8) is 0 Å². The molecule has 1 heterocycles. The number of hydrogen-bond acceptors (Lipinski definition) is 2. The Morgan fingerprint density at radius 1 is 1.50 bits per heavy atom. The number of nitrogens with zero attached hydrogens (tertiary/aromatic N) is 1. The number of rotatable bonds is 5. The Labute approximate surface area is 97.8 Å². The molecular weight excluding hydrogens is 196 g/mol. The van der Waals surface area contributed by atoms with Gasteiger partial charge in [-0.05, 0) is 56.9 Å². The third-order valence-corrected chi connectivity index (χ3v) is 2.97. The molecule has 1 aromatic rings. The van der Waals surface area contributed by atoms with Crippen LogP contribution in [0.3, 0.4) is 0 Å². The minimum Gasteiger partial charge on any atom is -0.314 e. The van der Waals surface area contributed by atoms with Gasteiger partial charge in [0.2, 0.25) is 0 Å². The van der Waals surface area contributed by atoms with Gasteiger partial charge >= 0.3 is 0 Å². The molecule has 2 nitrogen and oxygen atoms in total. The molecule has 1 fully saturated rings. The highest BCUT2D eigenvalue weighted by Crippen LogP contribution is 2.18. The summed E-state index contributed by atoms with van der Waals surface area (Å²) in [4.78, 5) is 4.31. The van der Waals surface area contributed by atoms with E-state index >= 15 is 0 Å². The number of aryl methyl sites for hydroxylation is 1. The molecule has 0 amide bonds. The van der Waals surface area contributed by atoms with Crippen molar-refractivity contribution >= 4 is 5.57 Å². The van der Waals surface area contributed by atoms with Crippen LogP contribution in [0.5, 0.6) is 0 Å². The van der Waals surface area contributed by atoms with Crippen LogP contribution < -0.4 is 5.32 Å². The van der Waals surface area contributed by atoms with Crippen molar-refractivity contribution in [1.29, 1.82) is 0 Å². The van der Waals surface area contributed by atoms with Crippen molar-refractivity contribution in [2.24, 2.45) is 0 Å². The molecule has 0 unspecified atom stereocenters. The molecule has 0 radical (unpaired) electrons. The minimum atomic E-state index is 0.815. The normalized spacial score (nSPS) is 16.5. The van der Waals surface area contributed by atoms with Gasteiger partial charge in [0.15, 0.2) is 0 Å². The van der Waals surface area contributed by atoms with Crippen LogP contribution in [0.2, 0.25) is 0 Å². The lowest BCUT2D eigenvalue weighted by Crippen LogP contribution is -2.16. The summed E-state index contributed by atoms with van der Waals surface area (Å²) in [5.74, 6) is 0. The van der Waals surface area contributed by atoms with Crippen molar-refractivity contribution in [3.8, 4) is 0 Å². The summed E-state index contributed by atoms with van der Waals surface area (Å²) in [6.45, 7) is 5.27. The van der Waals surface area contributed by atoms with Crippen LogP contribution in [-0.2, 0) is 0 Å². The fraction of sp³-hybridized carbons (Fsp3) is 0.500. The van der Waals surface area contributed by atoms with Crippen molar-refractivity contribution < 1.29 is 0 Å². The third-order valence-electron chi connectivity index (χ3n) is 2.97. The molecule has 0 bridgehead atoms.